The topological polar surface area (TPSA) is 580 Å². The minimum absolute atomic E-state index is 0.0265. The van der Waals surface area contributed by atoms with Gasteiger partial charge in [0.1, 0.15) is 103 Å². The van der Waals surface area contributed by atoms with E-state index in [0.29, 0.717) is 75.8 Å². The van der Waals surface area contributed by atoms with E-state index in [1.54, 1.807) is 33.5 Å². The summed E-state index contributed by atoms with van der Waals surface area (Å²) in [6.07, 6.45) is -15.9. The maximum absolute atomic E-state index is 13.9. The zero-order valence-electron chi connectivity index (χ0n) is 60.7. The quantitative estimate of drug-likeness (QED) is 0.0144. The monoisotopic (exact) mass is 1570 g/mol. The van der Waals surface area contributed by atoms with Crippen molar-refractivity contribution in [3.8, 4) is 0 Å². The number of aliphatic hydroxyl groups is 10. The molecule has 2 aromatic heterocycles. The summed E-state index contributed by atoms with van der Waals surface area (Å²) in [5, 5.41) is 145. The Morgan fingerprint density at radius 1 is 0.541 bits per heavy atom. The van der Waals surface area contributed by atoms with Gasteiger partial charge in [-0.15, -0.1) is 10.2 Å². The van der Waals surface area contributed by atoms with E-state index in [0.717, 1.165) is 32.4 Å². The maximum Gasteiger partial charge on any atom is 0.315 e. The third kappa shape index (κ3) is 23.6. The van der Waals surface area contributed by atoms with E-state index in [-0.39, 0.29) is 78.8 Å². The van der Waals surface area contributed by atoms with Gasteiger partial charge in [-0.3, -0.25) is 42.9 Å². The van der Waals surface area contributed by atoms with Gasteiger partial charge in [0.2, 0.25) is 23.6 Å². The van der Waals surface area contributed by atoms with Crippen LogP contribution in [0.4, 0.5) is 10.5 Å². The van der Waals surface area contributed by atoms with E-state index in [4.69, 9.17) is 42.6 Å². The summed E-state index contributed by atoms with van der Waals surface area (Å²) < 4.78 is 55.5. The number of aliphatic hydroxyl groups excluding tert-OH is 10. The Morgan fingerprint density at radius 3 is 1.51 bits per heavy atom. The van der Waals surface area contributed by atoms with Crippen molar-refractivity contribution in [2.75, 3.05) is 50.7 Å². The number of amides is 8. The van der Waals surface area contributed by atoms with Crippen LogP contribution in [0.25, 0.3) is 0 Å². The standard InChI is InChI=1S/C67H102N14O27S/c1-32(86)70-49-54(93)52(91)42(27-82)103-65(49)107-58-44(29-84)105-63(50(55(58)94)71-33(2)87)100-18-12-6-5-10-16-80-25-39(76-78-80)23-68-61(97)36-20-37(22-38(21-36)73-47(90)15-9-8-14-46-48-41(31-109-46)74-67(99)75-48)62(98)69-24-40-26-81(79-77-40)17-11-7-13-19-101-64-51(72-34(3)88)56(95)59(45(30-85)106-64)108-66-60(102-35(4)89)57(96)53(92)43(28-83)104-66/h20-22,25-26,41-46,48-60,63-66,82-85,91-96H,5-19,23-24,27-31H2,1-4H3,(H,68,97)(H,69,98)(H,70,86)(H,71,87)(H,72,88)(H,73,90)(H2,74,75,99)/t41-,42-,43-,44-,45-,46-,48-,49-,50-,51-,52+,53+,54-,55-,56-,57+,58-,59-,60-,63-,64-,65+,66+/m1/s1. The lowest BCUT2D eigenvalue weighted by atomic mass is 9.94. The minimum atomic E-state index is -1.78. The normalized spacial score (nSPS) is 31.5. The molecule has 3 aromatic rings. The van der Waals surface area contributed by atoms with E-state index in [1.165, 1.54) is 32.0 Å². The summed E-state index contributed by atoms with van der Waals surface area (Å²) in [5.41, 5.74) is 1.12. The largest absolute Gasteiger partial charge is 0.454 e. The average molecular weight is 1570 g/mol. The van der Waals surface area contributed by atoms with Crippen LogP contribution in [0.1, 0.15) is 130 Å². The molecule has 42 heteroatoms. The highest BCUT2D eigenvalue weighted by atomic mass is 32.2. The van der Waals surface area contributed by atoms with E-state index in [2.05, 4.69) is 63.2 Å². The van der Waals surface area contributed by atoms with Crippen LogP contribution >= 0.6 is 11.8 Å². The highest BCUT2D eigenvalue weighted by molar-refractivity contribution is 8.00. The Bertz CT molecular complexity index is 3500. The number of urea groups is 1. The first kappa shape index (κ1) is 85.7. The number of nitrogens with one attached hydrogen (secondary N) is 8. The molecule has 6 saturated heterocycles. The molecule has 0 bridgehead atoms. The van der Waals surface area contributed by atoms with E-state index < -0.39 is 185 Å². The van der Waals surface area contributed by atoms with Crippen LogP contribution in [-0.2, 0) is 92.8 Å². The number of aromatic nitrogens is 6. The van der Waals surface area contributed by atoms with Gasteiger partial charge in [-0.05, 0) is 63.1 Å². The number of carbonyl (C=O) groups is 8. The summed E-state index contributed by atoms with van der Waals surface area (Å²) in [7, 11) is 0. The molecule has 6 aliphatic heterocycles. The molecule has 23 atom stereocenters. The number of hydrogen-bond acceptors (Lipinski definition) is 32. The third-order valence-corrected chi connectivity index (χ3v) is 20.6. The van der Waals surface area contributed by atoms with Gasteiger partial charge in [0.25, 0.3) is 11.8 Å². The molecule has 109 heavy (non-hydrogen) atoms. The smallest absolute Gasteiger partial charge is 0.315 e. The lowest BCUT2D eigenvalue weighted by Gasteiger charge is -2.48. The van der Waals surface area contributed by atoms with Crippen LogP contribution in [0, 0.1) is 0 Å². The number of nitrogens with zero attached hydrogens (tertiary/aromatic N) is 6. The van der Waals surface area contributed by atoms with Crippen molar-refractivity contribution in [1.29, 1.82) is 0 Å². The molecule has 0 spiro atoms. The summed E-state index contributed by atoms with van der Waals surface area (Å²) in [5.74, 6) is -3.32. The molecule has 6 fully saturated rings. The number of unbranched alkanes of at least 4 members (excludes halogenated alkanes) is 6. The molecule has 1 aromatic carbocycles. The number of hydrogen-bond donors (Lipinski definition) is 18. The van der Waals surface area contributed by atoms with Gasteiger partial charge in [0.15, 0.2) is 31.3 Å². The fraction of sp³-hybridized carbons (Fsp3) is 0.731. The molecule has 0 radical (unpaired) electrons. The van der Waals surface area contributed by atoms with Crippen molar-refractivity contribution in [1.82, 2.24) is 67.2 Å². The van der Waals surface area contributed by atoms with Crippen molar-refractivity contribution in [3.05, 3.63) is 53.1 Å². The number of fused-ring (bicyclic) bond motifs is 1. The first-order valence-electron chi connectivity index (χ1n) is 36.4. The highest BCUT2D eigenvalue weighted by Crippen LogP contribution is 2.36. The van der Waals surface area contributed by atoms with E-state index in [1.807, 2.05) is 0 Å². The minimum Gasteiger partial charge on any atom is -0.454 e. The molecule has 0 saturated carbocycles. The van der Waals surface area contributed by atoms with Crippen LogP contribution < -0.4 is 42.5 Å². The van der Waals surface area contributed by atoms with Crippen LogP contribution in [0.2, 0.25) is 0 Å². The Balaban J connectivity index is 0.729. The number of benzene rings is 1. The third-order valence-electron chi connectivity index (χ3n) is 19.1. The van der Waals surface area contributed by atoms with Gasteiger partial charge in [-0.2, -0.15) is 11.8 Å². The van der Waals surface area contributed by atoms with Gasteiger partial charge in [-0.25, -0.2) is 4.79 Å². The molecule has 6 aliphatic rings. The molecule has 9 rings (SSSR count). The second-order valence-corrected chi connectivity index (χ2v) is 28.8. The number of aryl methyl sites for hydroxylation is 2. The zero-order valence-corrected chi connectivity index (χ0v) is 61.5. The molecular weight excluding hydrogens is 1460 g/mol. The molecule has 18 N–H and O–H groups in total. The Kier molecular flexibility index (Phi) is 32.5. The van der Waals surface area contributed by atoms with Crippen LogP contribution in [0.3, 0.4) is 0 Å². The Labute approximate surface area is 630 Å². The number of thioether (sulfide) groups is 1. The van der Waals surface area contributed by atoms with Gasteiger partial charge < -0.3 is 136 Å². The molecule has 8 amide bonds. The highest BCUT2D eigenvalue weighted by Gasteiger charge is 2.55. The number of ether oxygens (including phenoxy) is 9. The maximum atomic E-state index is 13.9. The number of anilines is 1. The fourth-order valence-electron chi connectivity index (χ4n) is 13.7. The molecule has 8 heterocycles. The van der Waals surface area contributed by atoms with E-state index in [9.17, 15) is 89.4 Å². The Hall–Kier alpha value is -7.31. The lowest BCUT2D eigenvalue weighted by molar-refractivity contribution is -0.349. The molecule has 0 aliphatic carbocycles. The van der Waals surface area contributed by atoms with Gasteiger partial charge in [-0.1, -0.05) is 29.7 Å². The van der Waals surface area contributed by atoms with Crippen molar-refractivity contribution >= 4 is 64.9 Å². The van der Waals surface area contributed by atoms with Crippen molar-refractivity contribution in [2.45, 2.75) is 264 Å². The molecular formula is C67H102N14O27S. The number of rotatable bonds is 39. The predicted octanol–water partition coefficient (Wildman–Crippen LogP) is -5.59. The van der Waals surface area contributed by atoms with E-state index >= 15 is 0 Å². The first-order valence-corrected chi connectivity index (χ1v) is 37.5. The van der Waals surface area contributed by atoms with Crippen molar-refractivity contribution in [3.63, 3.8) is 0 Å². The van der Waals surface area contributed by atoms with Crippen molar-refractivity contribution in [2.24, 2.45) is 0 Å². The van der Waals surface area contributed by atoms with Crippen molar-refractivity contribution < 1.29 is 132 Å². The first-order chi connectivity index (χ1) is 52.2. The van der Waals surface area contributed by atoms with Gasteiger partial charge >= 0.3 is 12.0 Å². The zero-order chi connectivity index (χ0) is 78.6. The molecule has 608 valence electrons. The summed E-state index contributed by atoms with van der Waals surface area (Å²) in [6.45, 7) is 2.59. The number of carbonyl (C=O) groups excluding carboxylic acids is 8. The second-order valence-electron chi connectivity index (χ2n) is 27.5. The van der Waals surface area contributed by atoms with Gasteiger partial charge in [0, 0.05) is 88.2 Å². The van der Waals surface area contributed by atoms with Crippen LogP contribution in [-0.4, -0.2) is 314 Å². The number of esters is 1. The van der Waals surface area contributed by atoms with Gasteiger partial charge in [0.05, 0.1) is 64.0 Å². The lowest BCUT2D eigenvalue weighted by Crippen LogP contribution is -2.69. The Morgan fingerprint density at radius 2 is 1.01 bits per heavy atom. The fourth-order valence-corrected chi connectivity index (χ4v) is 15.2. The summed E-state index contributed by atoms with van der Waals surface area (Å²) in [6, 6.07) is 0.355. The summed E-state index contributed by atoms with van der Waals surface area (Å²) >= 11 is 1.78. The van der Waals surface area contributed by atoms with Crippen LogP contribution in [0.5, 0.6) is 0 Å². The SMILES string of the molecule is CC(=O)N[C@H]1[C@H](OCCCCCCn2cc(CNC(=O)c3cc(NC(=O)CCCC[C@H]4SC[C@H]5NC(=O)N[C@H]54)cc(C(=O)NCc4cn(CCCCCO[C@@H]5O[C@H](CO)[C@@H](O[C@@H]6O[C@H](CO)[C@H](O)[C@H](O)[C@H]6OC(C)=O)[C@H](O)[C@H]5NC(C)=O)nn4)c3)nn2)O[C@H](CO)[C@@H](O[C@@H]2O[C@H](CO)[C@H](O)[C@H](O)[C@H]2NC(C)=O)[C@@H]1O. The predicted molar refractivity (Wildman–Crippen MR) is 373 cm³/mol. The second kappa shape index (κ2) is 41.3. The molecule has 0 unspecified atom stereocenters. The van der Waals surface area contributed by atoms with Crippen LogP contribution in [0.15, 0.2) is 30.6 Å². The average Bonchev–Trinajstić information content (AvgIpc) is 1.57. The molecule has 41 nitrogen and oxygen atoms in total. The summed E-state index contributed by atoms with van der Waals surface area (Å²) in [4.78, 5) is 102.